The minimum atomic E-state index is -0.291. The molecule has 158 valence electrons. The summed E-state index contributed by atoms with van der Waals surface area (Å²) in [5.41, 5.74) is 2.79. The Morgan fingerprint density at radius 2 is 2.21 bits per heavy atom. The Kier molecular flexibility index (Phi) is 6.36. The van der Waals surface area contributed by atoms with Gasteiger partial charge in [0.25, 0.3) is 6.47 Å². The van der Waals surface area contributed by atoms with Crippen LogP contribution in [0.15, 0.2) is 12.4 Å². The second kappa shape index (κ2) is 8.77. The summed E-state index contributed by atoms with van der Waals surface area (Å²) in [7, 11) is 0. The number of nitrogens with one attached hydrogen (secondary N) is 3. The Balaban J connectivity index is 0.000000755. The number of aromatic nitrogens is 4. The van der Waals surface area contributed by atoms with Gasteiger partial charge in [-0.2, -0.15) is 5.10 Å². The number of carbonyl (C=O) groups excluding carboxylic acids is 1. The van der Waals surface area contributed by atoms with Crippen LogP contribution < -0.4 is 5.32 Å². The van der Waals surface area contributed by atoms with E-state index in [0.717, 1.165) is 48.6 Å². The van der Waals surface area contributed by atoms with Crippen LogP contribution in [0.3, 0.4) is 0 Å². The van der Waals surface area contributed by atoms with Crippen molar-refractivity contribution >= 4 is 12.4 Å². The van der Waals surface area contributed by atoms with Crippen LogP contribution in [0.5, 0.6) is 0 Å². The third-order valence-electron chi connectivity index (χ3n) is 6.56. The third-order valence-corrected chi connectivity index (χ3v) is 6.56. The summed E-state index contributed by atoms with van der Waals surface area (Å²) in [5.74, 6) is 1.18. The molecule has 3 atom stereocenters. The summed E-state index contributed by atoms with van der Waals surface area (Å²) in [6.07, 6.45) is 7.75. The summed E-state index contributed by atoms with van der Waals surface area (Å²) in [6, 6.07) is 0.780. The molecule has 0 radical (unpaired) electrons. The van der Waals surface area contributed by atoms with Crippen molar-refractivity contribution in [3.63, 3.8) is 0 Å². The van der Waals surface area contributed by atoms with Gasteiger partial charge in [0, 0.05) is 42.3 Å². The van der Waals surface area contributed by atoms with Gasteiger partial charge < -0.3 is 15.4 Å². The van der Waals surface area contributed by atoms with E-state index in [2.05, 4.69) is 37.3 Å². The van der Waals surface area contributed by atoms with Crippen LogP contribution in [0.1, 0.15) is 55.4 Å². The number of carboxylic acid groups (broad SMARTS) is 1. The summed E-state index contributed by atoms with van der Waals surface area (Å²) < 4.78 is 0. The number of rotatable bonds is 6. The van der Waals surface area contributed by atoms with Gasteiger partial charge in [0.05, 0.1) is 17.7 Å². The van der Waals surface area contributed by atoms with Gasteiger partial charge in [-0.3, -0.25) is 19.6 Å². The van der Waals surface area contributed by atoms with Gasteiger partial charge in [-0.25, -0.2) is 4.98 Å². The number of hydrogen-bond acceptors (Lipinski definition) is 5. The van der Waals surface area contributed by atoms with Gasteiger partial charge in [0.15, 0.2) is 0 Å². The molecule has 9 heteroatoms. The van der Waals surface area contributed by atoms with Crippen LogP contribution >= 0.6 is 0 Å². The van der Waals surface area contributed by atoms with Crippen molar-refractivity contribution < 1.29 is 14.7 Å². The molecule has 2 aliphatic rings. The normalized spacial score (nSPS) is 25.5. The lowest BCUT2D eigenvalue weighted by atomic mass is 9.71. The molecule has 4 heterocycles. The van der Waals surface area contributed by atoms with E-state index in [1.165, 1.54) is 6.42 Å². The first kappa shape index (κ1) is 21.0. The van der Waals surface area contributed by atoms with Crippen molar-refractivity contribution in [2.45, 2.75) is 71.6 Å². The van der Waals surface area contributed by atoms with Crippen LogP contribution in [0.4, 0.5) is 0 Å². The van der Waals surface area contributed by atoms with Gasteiger partial charge in [-0.15, -0.1) is 0 Å². The van der Waals surface area contributed by atoms with Gasteiger partial charge in [-0.05, 0) is 39.5 Å². The minimum absolute atomic E-state index is 0.191. The molecule has 0 unspecified atom stereocenters. The van der Waals surface area contributed by atoms with Gasteiger partial charge >= 0.3 is 0 Å². The fraction of sp³-hybridized carbons (Fsp3) is 0.600. The molecular weight excluding hydrogens is 372 g/mol. The average molecular weight is 402 g/mol. The monoisotopic (exact) mass is 402 g/mol. The maximum absolute atomic E-state index is 13.3. The smallest absolute Gasteiger partial charge is 0.290 e. The van der Waals surface area contributed by atoms with Gasteiger partial charge in [-0.1, -0.05) is 6.92 Å². The van der Waals surface area contributed by atoms with Crippen LogP contribution in [-0.4, -0.2) is 54.6 Å². The Bertz CT molecular complexity index is 814. The van der Waals surface area contributed by atoms with Crippen LogP contribution in [0.2, 0.25) is 0 Å². The number of carbonyl (C=O) groups is 2. The number of nitrogens with zero attached hydrogens (tertiary/aromatic N) is 3. The van der Waals surface area contributed by atoms with Crippen LogP contribution in [-0.2, 0) is 22.7 Å². The summed E-state index contributed by atoms with van der Waals surface area (Å²) in [5, 5.41) is 17.3. The van der Waals surface area contributed by atoms with Crippen molar-refractivity contribution in [3.8, 4) is 0 Å². The SMILES string of the molecule is CC[C@@]1(C(=O)NCc2c(C)n[nH]c2C)C[C@@H]2CC[C@H]1N2Cc1ncc[nH]1.O=CO. The molecule has 9 nitrogen and oxygen atoms in total. The lowest BCUT2D eigenvalue weighted by Crippen LogP contribution is -2.48. The molecule has 1 amide bonds. The second-order valence-corrected chi connectivity index (χ2v) is 7.87. The van der Waals surface area contributed by atoms with E-state index >= 15 is 0 Å². The quantitative estimate of drug-likeness (QED) is 0.547. The summed E-state index contributed by atoms with van der Waals surface area (Å²) in [6.45, 7) is 7.23. The van der Waals surface area contributed by atoms with Crippen LogP contribution in [0, 0.1) is 19.3 Å². The molecule has 0 aromatic carbocycles. The third kappa shape index (κ3) is 3.91. The van der Waals surface area contributed by atoms with Gasteiger partial charge in [0.2, 0.25) is 5.91 Å². The Morgan fingerprint density at radius 3 is 2.79 bits per heavy atom. The highest BCUT2D eigenvalue weighted by Crippen LogP contribution is 2.52. The molecule has 2 aromatic heterocycles. The first-order valence-corrected chi connectivity index (χ1v) is 10.1. The second-order valence-electron chi connectivity index (χ2n) is 7.87. The van der Waals surface area contributed by atoms with Crippen molar-refractivity contribution in [1.82, 2.24) is 30.4 Å². The molecular formula is C20H30N6O3. The number of aromatic amines is 2. The highest BCUT2D eigenvalue weighted by Gasteiger charge is 2.58. The largest absolute Gasteiger partial charge is 0.483 e. The molecule has 4 N–H and O–H groups in total. The number of aryl methyl sites for hydroxylation is 2. The number of imidazole rings is 1. The van der Waals surface area contributed by atoms with Crippen molar-refractivity contribution in [2.75, 3.05) is 0 Å². The maximum Gasteiger partial charge on any atom is 0.290 e. The molecule has 2 aliphatic heterocycles. The molecule has 0 spiro atoms. The van der Waals surface area contributed by atoms with Crippen molar-refractivity contribution in [2.24, 2.45) is 5.41 Å². The molecule has 0 aliphatic carbocycles. The fourth-order valence-electron chi connectivity index (χ4n) is 5.07. The molecule has 2 fully saturated rings. The van der Waals surface area contributed by atoms with E-state index in [4.69, 9.17) is 9.90 Å². The first-order valence-electron chi connectivity index (χ1n) is 10.1. The summed E-state index contributed by atoms with van der Waals surface area (Å²) >= 11 is 0. The van der Waals surface area contributed by atoms with E-state index in [-0.39, 0.29) is 17.8 Å². The van der Waals surface area contributed by atoms with Crippen molar-refractivity contribution in [3.05, 3.63) is 35.2 Å². The zero-order chi connectivity index (χ0) is 21.0. The number of H-pyrrole nitrogens is 2. The Labute approximate surface area is 170 Å². The van der Waals surface area contributed by atoms with E-state index < -0.39 is 0 Å². The molecule has 4 rings (SSSR count). The average Bonchev–Trinajstić information content (AvgIpc) is 3.48. The predicted molar refractivity (Wildman–Crippen MR) is 107 cm³/mol. The highest BCUT2D eigenvalue weighted by molar-refractivity contribution is 5.84. The number of amides is 1. The summed E-state index contributed by atoms with van der Waals surface area (Å²) in [4.78, 5) is 31.7. The molecule has 0 saturated carbocycles. The molecule has 2 bridgehead atoms. The molecule has 2 saturated heterocycles. The first-order chi connectivity index (χ1) is 14.0. The standard InChI is InChI=1S/C19H28N6O.CH2O2/c1-4-19(18(26)22-10-15-12(2)23-24-13(15)3)9-14-5-6-16(19)25(14)11-17-20-7-8-21-17;2-1-3/h7-8,14,16H,4-6,9-11H2,1-3H3,(H,20,21)(H,22,26)(H,23,24);1H,(H,2,3)/t14-,16+,19+;/m0./s1. The maximum atomic E-state index is 13.3. The minimum Gasteiger partial charge on any atom is -0.483 e. The van der Waals surface area contributed by atoms with E-state index in [0.29, 0.717) is 18.6 Å². The Morgan fingerprint density at radius 1 is 1.45 bits per heavy atom. The Hall–Kier alpha value is -2.68. The molecule has 2 aromatic rings. The zero-order valence-corrected chi connectivity index (χ0v) is 17.2. The highest BCUT2D eigenvalue weighted by atomic mass is 16.3. The fourth-order valence-corrected chi connectivity index (χ4v) is 5.07. The lowest BCUT2D eigenvalue weighted by Gasteiger charge is -2.35. The number of fused-ring (bicyclic) bond motifs is 2. The lowest BCUT2D eigenvalue weighted by molar-refractivity contribution is -0.133. The van der Waals surface area contributed by atoms with Crippen molar-refractivity contribution in [1.29, 1.82) is 0 Å². The zero-order valence-electron chi connectivity index (χ0n) is 17.2. The number of hydrogen-bond donors (Lipinski definition) is 4. The predicted octanol–water partition coefficient (Wildman–Crippen LogP) is 1.90. The van der Waals surface area contributed by atoms with E-state index in [1.54, 1.807) is 6.20 Å². The van der Waals surface area contributed by atoms with E-state index in [9.17, 15) is 4.79 Å². The van der Waals surface area contributed by atoms with E-state index in [1.807, 2.05) is 20.0 Å². The van der Waals surface area contributed by atoms with Crippen LogP contribution in [0.25, 0.3) is 0 Å². The topological polar surface area (TPSA) is 127 Å². The van der Waals surface area contributed by atoms with Gasteiger partial charge in [0.1, 0.15) is 5.82 Å². The molecule has 29 heavy (non-hydrogen) atoms.